The molecule has 3 aromatic heterocycles. The number of amides is 1. The zero-order valence-electron chi connectivity index (χ0n) is 18.1. The molecule has 0 bridgehead atoms. The van der Waals surface area contributed by atoms with Crippen molar-refractivity contribution in [1.82, 2.24) is 30.0 Å². The first-order valence-corrected chi connectivity index (χ1v) is 12.2. The number of rotatable bonds is 4. The van der Waals surface area contributed by atoms with E-state index < -0.39 is 0 Å². The first-order valence-electron chi connectivity index (χ1n) is 11.3. The lowest BCUT2D eigenvalue weighted by Gasteiger charge is -2.19. The number of aromatic nitrogens is 4. The quantitative estimate of drug-likeness (QED) is 0.485. The van der Waals surface area contributed by atoms with Gasteiger partial charge in [0, 0.05) is 43.2 Å². The van der Waals surface area contributed by atoms with Crippen molar-refractivity contribution in [2.24, 2.45) is 0 Å². The van der Waals surface area contributed by atoms with Gasteiger partial charge in [-0.3, -0.25) is 9.48 Å². The maximum absolute atomic E-state index is 12.7. The largest absolute Gasteiger partial charge is 0.383 e. The van der Waals surface area contributed by atoms with Gasteiger partial charge in [0.1, 0.15) is 10.8 Å². The molecule has 0 spiro atoms. The van der Waals surface area contributed by atoms with Crippen LogP contribution in [0.2, 0.25) is 0 Å². The minimum atomic E-state index is -0.121. The van der Waals surface area contributed by atoms with Gasteiger partial charge in [0.05, 0.1) is 34.1 Å². The van der Waals surface area contributed by atoms with Gasteiger partial charge in [0.2, 0.25) is 5.91 Å². The Kier molecular flexibility index (Phi) is 5.07. The van der Waals surface area contributed by atoms with Crippen LogP contribution in [0.15, 0.2) is 48.9 Å². The van der Waals surface area contributed by atoms with Crippen LogP contribution in [0.1, 0.15) is 25.3 Å². The number of pyridine rings is 1. The molecule has 6 rings (SSSR count). The Morgan fingerprint density at radius 1 is 1.15 bits per heavy atom. The van der Waals surface area contributed by atoms with Crippen molar-refractivity contribution in [3.05, 3.63) is 48.9 Å². The number of carbonyl (C=O) groups is 1. The van der Waals surface area contributed by atoms with Crippen LogP contribution in [0.5, 0.6) is 0 Å². The van der Waals surface area contributed by atoms with E-state index >= 15 is 0 Å². The smallest absolute Gasteiger partial charge is 0.239 e. The Balaban J connectivity index is 1.23. The summed E-state index contributed by atoms with van der Waals surface area (Å²) < 4.78 is 3.09. The predicted molar refractivity (Wildman–Crippen MR) is 130 cm³/mol. The van der Waals surface area contributed by atoms with E-state index in [9.17, 15) is 4.79 Å². The molecule has 2 aliphatic rings. The third kappa shape index (κ3) is 3.77. The van der Waals surface area contributed by atoms with Gasteiger partial charge in [-0.25, -0.2) is 9.97 Å². The Morgan fingerprint density at radius 3 is 2.85 bits per heavy atom. The number of carbonyl (C=O) groups excluding carboxylic acids is 1. The van der Waals surface area contributed by atoms with Gasteiger partial charge in [-0.05, 0) is 37.5 Å². The van der Waals surface area contributed by atoms with Crippen molar-refractivity contribution in [1.29, 1.82) is 0 Å². The monoisotopic (exact) mass is 459 g/mol. The zero-order valence-corrected chi connectivity index (χ0v) is 19.0. The van der Waals surface area contributed by atoms with Crippen molar-refractivity contribution < 1.29 is 4.79 Å². The molecular weight excluding hydrogens is 434 g/mol. The summed E-state index contributed by atoms with van der Waals surface area (Å²) in [6.45, 7) is 2.51. The Bertz CT molecular complexity index is 1290. The predicted octanol–water partition coefficient (Wildman–Crippen LogP) is 3.33. The number of para-hydroxylation sites is 1. The van der Waals surface area contributed by atoms with Crippen LogP contribution in [-0.2, 0) is 4.79 Å². The number of hydrogen-bond donors (Lipinski definition) is 2. The number of thiazole rings is 1. The average Bonchev–Trinajstić information content (AvgIpc) is 3.63. The molecule has 1 amide bonds. The Hall–Kier alpha value is -3.30. The van der Waals surface area contributed by atoms with Crippen LogP contribution in [-0.4, -0.2) is 56.2 Å². The summed E-state index contributed by atoms with van der Waals surface area (Å²) >= 11 is 1.61. The van der Waals surface area contributed by atoms with Crippen molar-refractivity contribution in [3.8, 4) is 21.7 Å². The number of likely N-dealkylation sites (tertiary alicyclic amines) is 1. The fourth-order valence-corrected chi connectivity index (χ4v) is 5.73. The van der Waals surface area contributed by atoms with Crippen LogP contribution in [0, 0.1) is 0 Å². The molecule has 2 aliphatic heterocycles. The summed E-state index contributed by atoms with van der Waals surface area (Å²) in [5, 5.41) is 8.86. The highest BCUT2D eigenvalue weighted by atomic mass is 32.1. The molecule has 2 atom stereocenters. The molecule has 33 heavy (non-hydrogen) atoms. The molecule has 0 unspecified atom stereocenters. The van der Waals surface area contributed by atoms with Gasteiger partial charge in [0.25, 0.3) is 0 Å². The summed E-state index contributed by atoms with van der Waals surface area (Å²) in [4.78, 5) is 23.9. The highest BCUT2D eigenvalue weighted by Crippen LogP contribution is 2.35. The van der Waals surface area contributed by atoms with E-state index in [-0.39, 0.29) is 18.0 Å². The van der Waals surface area contributed by atoms with Crippen LogP contribution in [0.25, 0.3) is 31.9 Å². The van der Waals surface area contributed by atoms with E-state index in [0.717, 1.165) is 70.8 Å². The highest BCUT2D eigenvalue weighted by Gasteiger charge is 2.34. The second kappa shape index (κ2) is 8.24. The number of nitrogens with one attached hydrogen (secondary N) is 1. The summed E-state index contributed by atoms with van der Waals surface area (Å²) in [7, 11) is 0. The van der Waals surface area contributed by atoms with E-state index in [1.54, 1.807) is 17.5 Å². The van der Waals surface area contributed by atoms with Crippen LogP contribution >= 0.6 is 11.3 Å². The van der Waals surface area contributed by atoms with E-state index in [0.29, 0.717) is 5.82 Å². The molecule has 0 saturated carbocycles. The van der Waals surface area contributed by atoms with Gasteiger partial charge in [-0.1, -0.05) is 12.1 Å². The lowest BCUT2D eigenvalue weighted by Crippen LogP contribution is -2.42. The number of fused-ring (bicyclic) bond motifs is 1. The Morgan fingerprint density at radius 2 is 2.00 bits per heavy atom. The maximum atomic E-state index is 12.7. The number of nitrogens with zero attached hydrogens (tertiary/aromatic N) is 5. The van der Waals surface area contributed by atoms with Crippen LogP contribution in [0.4, 0.5) is 5.82 Å². The van der Waals surface area contributed by atoms with Gasteiger partial charge in [0.15, 0.2) is 0 Å². The SMILES string of the molecule is Nc1ncc(-c2cnn([C@@H]3CN[C@H](C(=O)N4CCCC4)C3)c2)cc1-c1nc2ccccc2s1. The molecule has 168 valence electrons. The summed E-state index contributed by atoms with van der Waals surface area (Å²) in [5.41, 5.74) is 9.92. The fourth-order valence-electron chi connectivity index (χ4n) is 4.74. The summed E-state index contributed by atoms with van der Waals surface area (Å²) in [6, 6.07) is 10.1. The first kappa shape index (κ1) is 20.3. The van der Waals surface area contributed by atoms with Crippen LogP contribution in [0.3, 0.4) is 0 Å². The molecule has 0 aliphatic carbocycles. The van der Waals surface area contributed by atoms with Gasteiger partial charge in [-0.2, -0.15) is 5.10 Å². The number of nitrogens with two attached hydrogens (primary N) is 1. The van der Waals surface area contributed by atoms with Gasteiger partial charge in [-0.15, -0.1) is 11.3 Å². The van der Waals surface area contributed by atoms with E-state index in [1.165, 1.54) is 0 Å². The lowest BCUT2D eigenvalue weighted by atomic mass is 10.1. The van der Waals surface area contributed by atoms with Crippen LogP contribution < -0.4 is 11.1 Å². The summed E-state index contributed by atoms with van der Waals surface area (Å²) in [6.07, 6.45) is 8.64. The minimum absolute atomic E-state index is 0.121. The van der Waals surface area contributed by atoms with Crippen molar-refractivity contribution in [2.75, 3.05) is 25.4 Å². The van der Waals surface area contributed by atoms with Crippen molar-refractivity contribution >= 4 is 33.3 Å². The molecule has 8 nitrogen and oxygen atoms in total. The third-order valence-electron chi connectivity index (χ3n) is 6.58. The van der Waals surface area contributed by atoms with Crippen molar-refractivity contribution in [2.45, 2.75) is 31.3 Å². The second-order valence-electron chi connectivity index (χ2n) is 8.74. The molecule has 0 radical (unpaired) electrons. The lowest BCUT2D eigenvalue weighted by molar-refractivity contribution is -0.132. The normalized spacial score (nSPS) is 20.7. The third-order valence-corrected chi connectivity index (χ3v) is 7.64. The molecule has 2 saturated heterocycles. The van der Waals surface area contributed by atoms with E-state index in [4.69, 9.17) is 10.7 Å². The molecular formula is C24H25N7OS. The highest BCUT2D eigenvalue weighted by molar-refractivity contribution is 7.21. The minimum Gasteiger partial charge on any atom is -0.383 e. The molecule has 2 fully saturated rings. The fraction of sp³-hybridized carbons (Fsp3) is 0.333. The number of nitrogen functional groups attached to an aromatic ring is 1. The molecule has 9 heteroatoms. The molecule has 3 N–H and O–H groups in total. The second-order valence-corrected chi connectivity index (χ2v) is 9.77. The number of benzene rings is 1. The van der Waals surface area contributed by atoms with Gasteiger partial charge >= 0.3 is 0 Å². The Labute approximate surface area is 195 Å². The zero-order chi connectivity index (χ0) is 22.4. The standard InChI is InChI=1S/C24H25N7OS/c25-22-18(23-29-19-5-1-2-6-21(19)33-23)9-15(11-27-22)16-12-28-31(14-16)17-10-20(26-13-17)24(32)30-7-3-4-8-30/h1-2,5-6,9,11-12,14,17,20,26H,3-4,7-8,10,13H2,(H2,25,27)/t17-,20-/m0/s1. The molecule has 1 aromatic carbocycles. The number of anilines is 1. The molecule has 4 aromatic rings. The summed E-state index contributed by atoms with van der Waals surface area (Å²) in [5.74, 6) is 0.694. The number of hydrogen-bond acceptors (Lipinski definition) is 7. The van der Waals surface area contributed by atoms with Gasteiger partial charge < -0.3 is 16.0 Å². The molecule has 5 heterocycles. The average molecular weight is 460 g/mol. The van der Waals surface area contributed by atoms with E-state index in [2.05, 4.69) is 21.5 Å². The van der Waals surface area contributed by atoms with E-state index in [1.807, 2.05) is 46.2 Å². The topological polar surface area (TPSA) is 102 Å². The maximum Gasteiger partial charge on any atom is 0.239 e. The first-order chi connectivity index (χ1) is 16.2. The van der Waals surface area contributed by atoms with Crippen molar-refractivity contribution in [3.63, 3.8) is 0 Å².